The van der Waals surface area contributed by atoms with Gasteiger partial charge in [-0.1, -0.05) is 11.6 Å². The molecule has 1 aliphatic rings. The van der Waals surface area contributed by atoms with Crippen LogP contribution in [0.1, 0.15) is 22.8 Å². The number of benzene rings is 1. The number of carboxylic acid groups (broad SMARTS) is 1. The number of hydrogen-bond donors (Lipinski definition) is 1. The molecule has 0 spiro atoms. The number of carbonyl (C=O) groups is 1. The largest absolute Gasteiger partial charge is 0.478 e. The van der Waals surface area contributed by atoms with Gasteiger partial charge in [-0.2, -0.15) is 4.31 Å². The summed E-state index contributed by atoms with van der Waals surface area (Å²) in [7, 11) is -3.81. The summed E-state index contributed by atoms with van der Waals surface area (Å²) in [6.07, 6.45) is 0. The van der Waals surface area contributed by atoms with Crippen LogP contribution in [0.15, 0.2) is 17.0 Å². The Morgan fingerprint density at radius 3 is 2.71 bits per heavy atom. The Kier molecular flexibility index (Phi) is 4.57. The van der Waals surface area contributed by atoms with E-state index in [0.29, 0.717) is 13.2 Å². The highest BCUT2D eigenvalue weighted by Gasteiger charge is 2.33. The quantitative estimate of drug-likeness (QED) is 0.911. The number of sulfonamides is 1. The average molecular weight is 334 g/mol. The minimum absolute atomic E-state index is 0.0684. The Morgan fingerprint density at radius 2 is 2.14 bits per heavy atom. The van der Waals surface area contributed by atoms with E-state index in [1.807, 2.05) is 0 Å². The molecule has 6 nitrogen and oxygen atoms in total. The molecule has 0 aliphatic carbocycles. The molecule has 0 amide bonds. The third-order valence-electron chi connectivity index (χ3n) is 3.45. The third kappa shape index (κ3) is 3.06. The minimum atomic E-state index is -3.81. The monoisotopic (exact) mass is 333 g/mol. The van der Waals surface area contributed by atoms with Crippen molar-refractivity contribution in [3.05, 3.63) is 28.3 Å². The molecule has 1 fully saturated rings. The zero-order chi connectivity index (χ0) is 15.8. The van der Waals surface area contributed by atoms with E-state index in [1.54, 1.807) is 6.92 Å². The molecule has 116 valence electrons. The van der Waals surface area contributed by atoms with Crippen LogP contribution < -0.4 is 0 Å². The molecule has 8 heteroatoms. The molecule has 0 aromatic heterocycles. The van der Waals surface area contributed by atoms with Gasteiger partial charge in [0.1, 0.15) is 0 Å². The SMILES string of the molecule is Cc1c(C(=O)O)cc(Cl)cc1S(=O)(=O)N1CCOC[C@H]1C. The third-order valence-corrected chi connectivity index (χ3v) is 5.81. The molecule has 1 aliphatic heterocycles. The number of halogens is 1. The van der Waals surface area contributed by atoms with Crippen molar-refractivity contribution in [2.75, 3.05) is 19.8 Å². The van der Waals surface area contributed by atoms with Gasteiger partial charge in [0.15, 0.2) is 0 Å². The van der Waals surface area contributed by atoms with Crippen LogP contribution in [-0.2, 0) is 14.8 Å². The molecule has 1 N–H and O–H groups in total. The Labute approximate surface area is 128 Å². The van der Waals surface area contributed by atoms with Gasteiger partial charge in [-0.3, -0.25) is 0 Å². The molecule has 0 saturated carbocycles. The van der Waals surface area contributed by atoms with E-state index in [1.165, 1.54) is 23.4 Å². The molecule has 21 heavy (non-hydrogen) atoms. The Hall–Kier alpha value is -1.15. The van der Waals surface area contributed by atoms with Crippen molar-refractivity contribution >= 4 is 27.6 Å². The molecule has 1 aromatic carbocycles. The normalized spacial score (nSPS) is 20.4. The predicted octanol–water partition coefficient (Wildman–Crippen LogP) is 1.76. The van der Waals surface area contributed by atoms with Crippen LogP contribution in [0.3, 0.4) is 0 Å². The number of ether oxygens (including phenoxy) is 1. The van der Waals surface area contributed by atoms with E-state index in [0.717, 1.165) is 0 Å². The summed E-state index contributed by atoms with van der Waals surface area (Å²) in [6.45, 7) is 4.07. The average Bonchev–Trinajstić information content (AvgIpc) is 2.40. The van der Waals surface area contributed by atoms with Crippen molar-refractivity contribution in [2.24, 2.45) is 0 Å². The fourth-order valence-electron chi connectivity index (χ4n) is 2.34. The first-order valence-electron chi connectivity index (χ1n) is 6.38. The smallest absolute Gasteiger partial charge is 0.336 e. The van der Waals surface area contributed by atoms with Crippen molar-refractivity contribution < 1.29 is 23.1 Å². The van der Waals surface area contributed by atoms with Crippen molar-refractivity contribution in [3.63, 3.8) is 0 Å². The van der Waals surface area contributed by atoms with Crippen LogP contribution >= 0.6 is 11.6 Å². The van der Waals surface area contributed by atoms with Gasteiger partial charge in [0.2, 0.25) is 10.0 Å². The highest BCUT2D eigenvalue weighted by atomic mass is 35.5. The first-order chi connectivity index (χ1) is 9.75. The van der Waals surface area contributed by atoms with Crippen molar-refractivity contribution in [2.45, 2.75) is 24.8 Å². The second kappa shape index (κ2) is 5.92. The second-order valence-electron chi connectivity index (χ2n) is 4.92. The lowest BCUT2D eigenvalue weighted by molar-refractivity contribution is 0.0392. The number of morpholine rings is 1. The lowest BCUT2D eigenvalue weighted by Gasteiger charge is -2.32. The topological polar surface area (TPSA) is 83.9 Å². The van der Waals surface area contributed by atoms with Gasteiger partial charge in [-0.15, -0.1) is 0 Å². The highest BCUT2D eigenvalue weighted by Crippen LogP contribution is 2.28. The maximum absolute atomic E-state index is 12.8. The van der Waals surface area contributed by atoms with Crippen molar-refractivity contribution in [1.82, 2.24) is 4.31 Å². The molecule has 1 heterocycles. The lowest BCUT2D eigenvalue weighted by atomic mass is 10.1. The van der Waals surface area contributed by atoms with Gasteiger partial charge in [0.25, 0.3) is 0 Å². The number of rotatable bonds is 3. The zero-order valence-electron chi connectivity index (χ0n) is 11.7. The molecule has 1 saturated heterocycles. The standard InChI is InChI=1S/C13H16ClNO5S/c1-8-7-20-4-3-15(8)21(18,19)12-6-10(14)5-11(9(12)2)13(16)17/h5-6,8H,3-4,7H2,1-2H3,(H,16,17)/t8-/m1/s1. The van der Waals surface area contributed by atoms with E-state index in [4.69, 9.17) is 21.4 Å². The summed E-state index contributed by atoms with van der Waals surface area (Å²) in [5.41, 5.74) is 0.0765. The van der Waals surface area contributed by atoms with E-state index in [2.05, 4.69) is 0 Å². The van der Waals surface area contributed by atoms with Gasteiger partial charge >= 0.3 is 5.97 Å². The molecule has 1 atom stereocenters. The van der Waals surface area contributed by atoms with Gasteiger partial charge < -0.3 is 9.84 Å². The number of hydrogen-bond acceptors (Lipinski definition) is 4. The minimum Gasteiger partial charge on any atom is -0.478 e. The maximum atomic E-state index is 12.8. The second-order valence-corrected chi connectivity index (χ2v) is 7.22. The molecular weight excluding hydrogens is 318 g/mol. The highest BCUT2D eigenvalue weighted by molar-refractivity contribution is 7.89. The predicted molar refractivity (Wildman–Crippen MR) is 77.3 cm³/mol. The summed E-state index contributed by atoms with van der Waals surface area (Å²) < 4.78 is 32.1. The van der Waals surface area contributed by atoms with Gasteiger partial charge in [-0.05, 0) is 31.5 Å². The van der Waals surface area contributed by atoms with Crippen molar-refractivity contribution in [1.29, 1.82) is 0 Å². The number of carboxylic acids is 1. The van der Waals surface area contributed by atoms with Gasteiger partial charge in [-0.25, -0.2) is 13.2 Å². The maximum Gasteiger partial charge on any atom is 0.336 e. The summed E-state index contributed by atoms with van der Waals surface area (Å²) in [6, 6.07) is 2.23. The van der Waals surface area contributed by atoms with Gasteiger partial charge in [0, 0.05) is 17.6 Å². The van der Waals surface area contributed by atoms with Crippen LogP contribution in [0, 0.1) is 6.92 Å². The fraction of sp³-hybridized carbons (Fsp3) is 0.462. The molecule has 0 unspecified atom stereocenters. The van der Waals surface area contributed by atoms with E-state index in [-0.39, 0.29) is 33.6 Å². The summed E-state index contributed by atoms with van der Waals surface area (Å²) >= 11 is 5.88. The van der Waals surface area contributed by atoms with E-state index in [9.17, 15) is 13.2 Å². The van der Waals surface area contributed by atoms with Crippen LogP contribution in [0.2, 0.25) is 5.02 Å². The van der Waals surface area contributed by atoms with Crippen LogP contribution in [0.4, 0.5) is 0 Å². The first kappa shape index (κ1) is 16.2. The summed E-state index contributed by atoms with van der Waals surface area (Å²) in [4.78, 5) is 11.1. The van der Waals surface area contributed by atoms with Gasteiger partial charge in [0.05, 0.1) is 23.7 Å². The molecule has 0 bridgehead atoms. The van der Waals surface area contributed by atoms with Crippen LogP contribution in [-0.4, -0.2) is 49.6 Å². The molecule has 0 radical (unpaired) electrons. The zero-order valence-corrected chi connectivity index (χ0v) is 13.2. The van der Waals surface area contributed by atoms with E-state index >= 15 is 0 Å². The Morgan fingerprint density at radius 1 is 1.48 bits per heavy atom. The summed E-state index contributed by atoms with van der Waals surface area (Å²) in [5, 5.41) is 9.24. The Bertz CT molecular complexity index is 673. The Balaban J connectivity index is 2.57. The number of nitrogens with zero attached hydrogens (tertiary/aromatic N) is 1. The number of aromatic carboxylic acids is 1. The lowest BCUT2D eigenvalue weighted by Crippen LogP contribution is -2.47. The molecule has 2 rings (SSSR count). The molecule has 1 aromatic rings. The molecular formula is C13H16ClNO5S. The van der Waals surface area contributed by atoms with E-state index < -0.39 is 16.0 Å². The van der Waals surface area contributed by atoms with Crippen LogP contribution in [0.5, 0.6) is 0 Å². The fourth-order valence-corrected chi connectivity index (χ4v) is 4.50. The summed E-state index contributed by atoms with van der Waals surface area (Å²) in [5.74, 6) is -1.21. The van der Waals surface area contributed by atoms with Crippen molar-refractivity contribution in [3.8, 4) is 0 Å². The van der Waals surface area contributed by atoms with Crippen LogP contribution in [0.25, 0.3) is 0 Å². The first-order valence-corrected chi connectivity index (χ1v) is 8.20.